The maximum atomic E-state index is 6.30. The summed E-state index contributed by atoms with van der Waals surface area (Å²) in [6, 6.07) is 18.3. The highest BCUT2D eigenvalue weighted by Gasteiger charge is 2.55. The first-order valence-corrected chi connectivity index (χ1v) is 9.84. The molecule has 0 N–H and O–H groups in total. The SMILES string of the molecule is COc1ccc(COC2C3OC(C)(C)O[C@H]3O[C@H]2CCc2ccccc2)cc1. The van der Waals surface area contributed by atoms with Gasteiger partial charge in [0.05, 0.1) is 19.8 Å². The van der Waals surface area contributed by atoms with Crippen LogP contribution < -0.4 is 4.74 Å². The highest BCUT2D eigenvalue weighted by molar-refractivity contribution is 5.26. The van der Waals surface area contributed by atoms with Crippen molar-refractivity contribution in [2.45, 2.75) is 63.7 Å². The summed E-state index contributed by atoms with van der Waals surface area (Å²) in [6.45, 7) is 4.31. The molecule has 150 valence electrons. The number of benzene rings is 2. The number of aryl methyl sites for hydroxylation is 1. The predicted molar refractivity (Wildman–Crippen MR) is 105 cm³/mol. The van der Waals surface area contributed by atoms with E-state index in [1.807, 2.05) is 44.2 Å². The Bertz CT molecular complexity index is 758. The summed E-state index contributed by atoms with van der Waals surface area (Å²) in [5.74, 6) is 0.185. The number of methoxy groups -OCH3 is 1. The van der Waals surface area contributed by atoms with Gasteiger partial charge in [0.1, 0.15) is 18.0 Å². The van der Waals surface area contributed by atoms with Crippen LogP contribution in [-0.2, 0) is 32.0 Å². The van der Waals surface area contributed by atoms with E-state index in [1.165, 1.54) is 5.56 Å². The lowest BCUT2D eigenvalue weighted by Crippen LogP contribution is -2.37. The molecule has 0 radical (unpaired) electrons. The lowest BCUT2D eigenvalue weighted by Gasteiger charge is -2.26. The zero-order valence-electron chi connectivity index (χ0n) is 16.7. The number of rotatable bonds is 7. The third-order valence-corrected chi connectivity index (χ3v) is 5.25. The van der Waals surface area contributed by atoms with Crippen molar-refractivity contribution in [3.63, 3.8) is 0 Å². The van der Waals surface area contributed by atoms with Crippen LogP contribution in [0, 0.1) is 0 Å². The smallest absolute Gasteiger partial charge is 0.190 e. The first kappa shape index (κ1) is 19.4. The Balaban J connectivity index is 1.42. The molecular weight excluding hydrogens is 356 g/mol. The molecule has 0 saturated carbocycles. The van der Waals surface area contributed by atoms with Gasteiger partial charge in [-0.15, -0.1) is 0 Å². The van der Waals surface area contributed by atoms with E-state index in [1.54, 1.807) is 7.11 Å². The monoisotopic (exact) mass is 384 g/mol. The molecule has 0 bridgehead atoms. The minimum atomic E-state index is -0.651. The minimum absolute atomic E-state index is 0.0652. The average molecular weight is 384 g/mol. The van der Waals surface area contributed by atoms with E-state index in [0.29, 0.717) is 6.61 Å². The average Bonchev–Trinajstić information content (AvgIpc) is 3.17. The fourth-order valence-electron chi connectivity index (χ4n) is 3.85. The van der Waals surface area contributed by atoms with Crippen LogP contribution in [-0.4, -0.2) is 37.5 Å². The molecule has 0 spiro atoms. The molecule has 2 unspecified atom stereocenters. The summed E-state index contributed by atoms with van der Waals surface area (Å²) in [5, 5.41) is 0. The van der Waals surface area contributed by atoms with E-state index in [2.05, 4.69) is 24.3 Å². The molecule has 2 fully saturated rings. The first-order valence-electron chi connectivity index (χ1n) is 9.84. The van der Waals surface area contributed by atoms with Crippen molar-refractivity contribution < 1.29 is 23.7 Å². The second-order valence-electron chi connectivity index (χ2n) is 7.79. The summed E-state index contributed by atoms with van der Waals surface area (Å²) in [5.41, 5.74) is 2.38. The molecule has 2 saturated heterocycles. The lowest BCUT2D eigenvalue weighted by atomic mass is 10.0. The van der Waals surface area contributed by atoms with Gasteiger partial charge in [0, 0.05) is 0 Å². The second-order valence-corrected chi connectivity index (χ2v) is 7.79. The van der Waals surface area contributed by atoms with Gasteiger partial charge in [-0.3, -0.25) is 0 Å². The highest BCUT2D eigenvalue weighted by Crippen LogP contribution is 2.40. The molecule has 4 rings (SSSR count). The van der Waals surface area contributed by atoms with Gasteiger partial charge < -0.3 is 23.7 Å². The molecule has 2 aliphatic rings. The van der Waals surface area contributed by atoms with Gasteiger partial charge in [-0.2, -0.15) is 0 Å². The highest BCUT2D eigenvalue weighted by atomic mass is 16.8. The fourth-order valence-corrected chi connectivity index (χ4v) is 3.85. The van der Waals surface area contributed by atoms with E-state index in [0.717, 1.165) is 24.2 Å². The second kappa shape index (κ2) is 8.21. The molecule has 0 amide bonds. The Labute approximate surface area is 166 Å². The Morgan fingerprint density at radius 3 is 2.39 bits per heavy atom. The van der Waals surface area contributed by atoms with Crippen molar-refractivity contribution in [1.82, 2.24) is 0 Å². The van der Waals surface area contributed by atoms with Crippen LogP contribution in [0.5, 0.6) is 5.75 Å². The van der Waals surface area contributed by atoms with Crippen LogP contribution in [0.2, 0.25) is 0 Å². The molecule has 28 heavy (non-hydrogen) atoms. The Morgan fingerprint density at radius 2 is 1.68 bits per heavy atom. The van der Waals surface area contributed by atoms with Crippen LogP contribution in [0.4, 0.5) is 0 Å². The van der Waals surface area contributed by atoms with Crippen molar-refractivity contribution in [1.29, 1.82) is 0 Å². The molecule has 5 nitrogen and oxygen atoms in total. The maximum Gasteiger partial charge on any atom is 0.190 e. The molecule has 4 atom stereocenters. The van der Waals surface area contributed by atoms with Crippen LogP contribution >= 0.6 is 0 Å². The molecule has 2 aromatic rings. The lowest BCUT2D eigenvalue weighted by molar-refractivity contribution is -0.219. The van der Waals surface area contributed by atoms with Crippen molar-refractivity contribution >= 4 is 0 Å². The van der Waals surface area contributed by atoms with Crippen molar-refractivity contribution in [3.8, 4) is 5.75 Å². The molecule has 2 aromatic carbocycles. The maximum absolute atomic E-state index is 6.30. The molecule has 2 aliphatic heterocycles. The Hall–Kier alpha value is -1.92. The van der Waals surface area contributed by atoms with Crippen molar-refractivity contribution in [2.75, 3.05) is 7.11 Å². The summed E-state index contributed by atoms with van der Waals surface area (Å²) in [6.07, 6.45) is 0.960. The Kier molecular flexibility index (Phi) is 5.69. The summed E-state index contributed by atoms with van der Waals surface area (Å²) in [4.78, 5) is 0. The summed E-state index contributed by atoms with van der Waals surface area (Å²) < 4.78 is 29.7. The van der Waals surface area contributed by atoms with Crippen molar-refractivity contribution in [2.24, 2.45) is 0 Å². The third-order valence-electron chi connectivity index (χ3n) is 5.25. The molecular formula is C23H28O5. The van der Waals surface area contributed by atoms with E-state index in [9.17, 15) is 0 Å². The summed E-state index contributed by atoms with van der Waals surface area (Å²) in [7, 11) is 1.66. The van der Waals surface area contributed by atoms with Gasteiger partial charge in [0.15, 0.2) is 12.1 Å². The summed E-state index contributed by atoms with van der Waals surface area (Å²) >= 11 is 0. The van der Waals surface area contributed by atoms with Crippen LogP contribution in [0.1, 0.15) is 31.4 Å². The van der Waals surface area contributed by atoms with Gasteiger partial charge in [0.2, 0.25) is 0 Å². The van der Waals surface area contributed by atoms with Crippen molar-refractivity contribution in [3.05, 3.63) is 65.7 Å². The van der Waals surface area contributed by atoms with Gasteiger partial charge in [-0.25, -0.2) is 0 Å². The Morgan fingerprint density at radius 1 is 0.929 bits per heavy atom. The quantitative estimate of drug-likeness (QED) is 0.720. The molecule has 2 heterocycles. The van der Waals surface area contributed by atoms with Crippen LogP contribution in [0.25, 0.3) is 0 Å². The number of fused-ring (bicyclic) bond motifs is 1. The van der Waals surface area contributed by atoms with E-state index in [-0.39, 0.29) is 24.6 Å². The van der Waals surface area contributed by atoms with E-state index in [4.69, 9.17) is 23.7 Å². The zero-order valence-corrected chi connectivity index (χ0v) is 16.7. The van der Waals surface area contributed by atoms with E-state index < -0.39 is 5.79 Å². The number of hydrogen-bond donors (Lipinski definition) is 0. The fraction of sp³-hybridized carbons (Fsp3) is 0.478. The van der Waals surface area contributed by atoms with E-state index >= 15 is 0 Å². The first-order chi connectivity index (χ1) is 13.5. The van der Waals surface area contributed by atoms with Gasteiger partial charge in [0.25, 0.3) is 0 Å². The zero-order chi connectivity index (χ0) is 19.6. The van der Waals surface area contributed by atoms with Gasteiger partial charge in [-0.1, -0.05) is 42.5 Å². The molecule has 5 heteroatoms. The standard InChI is InChI=1S/C23H28O5/c1-23(2)27-21-20(25-15-17-9-12-18(24-3)13-10-17)19(26-22(21)28-23)14-11-16-7-5-4-6-8-16/h4-10,12-13,19-22H,11,14-15H2,1-3H3/t19-,20?,21?,22+/m0/s1. The largest absolute Gasteiger partial charge is 0.497 e. The third kappa shape index (κ3) is 4.39. The van der Waals surface area contributed by atoms with Crippen LogP contribution in [0.3, 0.4) is 0 Å². The van der Waals surface area contributed by atoms with Gasteiger partial charge in [-0.05, 0) is 49.9 Å². The minimum Gasteiger partial charge on any atom is -0.497 e. The van der Waals surface area contributed by atoms with Crippen LogP contribution in [0.15, 0.2) is 54.6 Å². The van der Waals surface area contributed by atoms with Gasteiger partial charge >= 0.3 is 0 Å². The predicted octanol–water partition coefficient (Wildman–Crippen LogP) is 4.09. The molecule has 0 aromatic heterocycles. The number of hydrogen-bond acceptors (Lipinski definition) is 5. The topological polar surface area (TPSA) is 46.2 Å². The normalized spacial score (nSPS) is 28.2. The molecule has 0 aliphatic carbocycles. The number of ether oxygens (including phenoxy) is 5.